The second kappa shape index (κ2) is 5.41. The van der Waals surface area contributed by atoms with Crippen LogP contribution in [0.25, 0.3) is 0 Å². The van der Waals surface area contributed by atoms with E-state index in [-0.39, 0.29) is 10.6 Å². The van der Waals surface area contributed by atoms with Gasteiger partial charge in [0.1, 0.15) is 10.7 Å². The molecule has 0 unspecified atom stereocenters. The van der Waals surface area contributed by atoms with Gasteiger partial charge in [-0.2, -0.15) is 13.2 Å². The molecule has 0 bridgehead atoms. The summed E-state index contributed by atoms with van der Waals surface area (Å²) >= 11 is 2.02. The average molecular weight is 320 g/mol. The Labute approximate surface area is 119 Å². The zero-order chi connectivity index (χ0) is 14.9. The number of carboxylic acids is 1. The predicted octanol–water partition coefficient (Wildman–Crippen LogP) is 3.71. The molecule has 9 heteroatoms. The first kappa shape index (κ1) is 14.8. The number of hydrogen-bond acceptors (Lipinski definition) is 5. The zero-order valence-electron chi connectivity index (χ0n) is 9.93. The summed E-state index contributed by atoms with van der Waals surface area (Å²) in [5.74, 6) is -1.33. The van der Waals surface area contributed by atoms with Crippen LogP contribution < -0.4 is 0 Å². The molecule has 0 fully saturated rings. The molecule has 0 spiro atoms. The minimum absolute atomic E-state index is 0.221. The van der Waals surface area contributed by atoms with Gasteiger partial charge in [0.15, 0.2) is 4.34 Å². The molecule has 20 heavy (non-hydrogen) atoms. The van der Waals surface area contributed by atoms with Gasteiger partial charge in [-0.05, 0) is 30.8 Å². The minimum Gasteiger partial charge on any atom is -0.478 e. The molecule has 0 aliphatic heterocycles. The number of rotatable bonds is 3. The highest BCUT2D eigenvalue weighted by Gasteiger charge is 2.33. The third kappa shape index (κ3) is 3.28. The monoisotopic (exact) mass is 320 g/mol. The van der Waals surface area contributed by atoms with Crippen molar-refractivity contribution < 1.29 is 23.1 Å². The van der Waals surface area contributed by atoms with Gasteiger partial charge in [-0.3, -0.25) is 0 Å². The van der Waals surface area contributed by atoms with E-state index in [1.54, 1.807) is 12.3 Å². The molecule has 106 valence electrons. The molecule has 0 saturated carbocycles. The maximum atomic E-state index is 12.6. The Kier molecular flexibility index (Phi) is 4.00. The topological polar surface area (TPSA) is 63.1 Å². The number of aromatic carboxylic acids is 1. The van der Waals surface area contributed by atoms with Crippen molar-refractivity contribution in [2.75, 3.05) is 0 Å². The Hall–Kier alpha value is -1.61. The number of carbonyl (C=O) groups is 1. The van der Waals surface area contributed by atoms with Crippen LogP contribution in [0, 0.1) is 6.92 Å². The number of hydrogen-bond donors (Lipinski definition) is 1. The average Bonchev–Trinajstić information content (AvgIpc) is 2.73. The van der Waals surface area contributed by atoms with Crippen LogP contribution >= 0.6 is 23.1 Å². The molecule has 2 aromatic rings. The first-order valence-corrected chi connectivity index (χ1v) is 6.88. The van der Waals surface area contributed by atoms with E-state index >= 15 is 0 Å². The molecule has 0 radical (unpaired) electrons. The highest BCUT2D eigenvalue weighted by Crippen LogP contribution is 2.35. The van der Waals surface area contributed by atoms with Gasteiger partial charge in [0.25, 0.3) is 0 Å². The first-order valence-electron chi connectivity index (χ1n) is 5.19. The van der Waals surface area contributed by atoms with E-state index in [4.69, 9.17) is 5.11 Å². The summed E-state index contributed by atoms with van der Waals surface area (Å²) in [5, 5.41) is 10.5. The van der Waals surface area contributed by atoms with Crippen LogP contribution in [0.4, 0.5) is 13.2 Å². The lowest BCUT2D eigenvalue weighted by Crippen LogP contribution is -2.11. The number of halogens is 3. The second-order valence-corrected chi connectivity index (χ2v) is 5.80. The predicted molar refractivity (Wildman–Crippen MR) is 67.2 cm³/mol. The molecule has 4 nitrogen and oxygen atoms in total. The normalized spacial score (nSPS) is 11.6. The van der Waals surface area contributed by atoms with Crippen molar-refractivity contribution in [1.29, 1.82) is 0 Å². The maximum Gasteiger partial charge on any atom is 0.433 e. The zero-order valence-corrected chi connectivity index (χ0v) is 11.6. The van der Waals surface area contributed by atoms with Crippen molar-refractivity contribution in [1.82, 2.24) is 9.97 Å². The van der Waals surface area contributed by atoms with Crippen LogP contribution in [0.15, 0.2) is 26.9 Å². The minimum atomic E-state index is -4.62. The molecule has 0 aliphatic rings. The van der Waals surface area contributed by atoms with Gasteiger partial charge < -0.3 is 5.11 Å². The maximum absolute atomic E-state index is 12.6. The Morgan fingerprint density at radius 1 is 1.35 bits per heavy atom. The van der Waals surface area contributed by atoms with Crippen molar-refractivity contribution in [3.63, 3.8) is 0 Å². The standard InChI is InChI=1S/C11H7F3N2O2S2/c1-5-4-19-10(15-5)20-8-6(9(17)18)2-3-7(16-8)11(12,13)14/h2-4H,1H3,(H,17,18). The second-order valence-electron chi connectivity index (χ2n) is 3.71. The van der Waals surface area contributed by atoms with Crippen molar-refractivity contribution in [3.05, 3.63) is 34.5 Å². The van der Waals surface area contributed by atoms with E-state index in [0.29, 0.717) is 16.1 Å². The third-order valence-corrected chi connectivity index (χ3v) is 4.22. The summed E-state index contributed by atoms with van der Waals surface area (Å²) in [5.41, 5.74) is -0.699. The van der Waals surface area contributed by atoms with Gasteiger partial charge in [0.05, 0.1) is 5.56 Å². The number of thiazole rings is 1. The summed E-state index contributed by atoms with van der Waals surface area (Å²) in [6.07, 6.45) is -4.62. The van der Waals surface area contributed by atoms with Gasteiger partial charge in [0, 0.05) is 11.1 Å². The molecule has 1 N–H and O–H groups in total. The Bertz CT molecular complexity index is 655. The van der Waals surface area contributed by atoms with E-state index < -0.39 is 17.8 Å². The fourth-order valence-corrected chi connectivity index (χ4v) is 3.16. The SMILES string of the molecule is Cc1csc(Sc2nc(C(F)(F)F)ccc2C(=O)O)n1. The van der Waals surface area contributed by atoms with Crippen molar-refractivity contribution in [2.24, 2.45) is 0 Å². The van der Waals surface area contributed by atoms with E-state index in [1.165, 1.54) is 11.3 Å². The number of aryl methyl sites for hydroxylation is 1. The Balaban J connectivity index is 2.44. The van der Waals surface area contributed by atoms with Crippen molar-refractivity contribution >= 4 is 29.1 Å². The van der Waals surface area contributed by atoms with Crippen LogP contribution in [-0.4, -0.2) is 21.0 Å². The molecule has 0 saturated heterocycles. The van der Waals surface area contributed by atoms with Crippen LogP contribution in [0.2, 0.25) is 0 Å². The van der Waals surface area contributed by atoms with Gasteiger partial charge in [-0.15, -0.1) is 11.3 Å². The summed E-state index contributed by atoms with van der Waals surface area (Å²) in [4.78, 5) is 18.5. The summed E-state index contributed by atoms with van der Waals surface area (Å²) in [6.45, 7) is 1.73. The largest absolute Gasteiger partial charge is 0.478 e. The number of nitrogens with zero attached hydrogens (tertiary/aromatic N) is 2. The molecule has 2 heterocycles. The molecule has 0 aliphatic carbocycles. The lowest BCUT2D eigenvalue weighted by Gasteiger charge is -2.09. The van der Waals surface area contributed by atoms with Crippen LogP contribution in [0.3, 0.4) is 0 Å². The van der Waals surface area contributed by atoms with Gasteiger partial charge in [0.2, 0.25) is 0 Å². The molecule has 2 rings (SSSR count). The van der Waals surface area contributed by atoms with Gasteiger partial charge >= 0.3 is 12.1 Å². The van der Waals surface area contributed by atoms with Crippen LogP contribution in [0.1, 0.15) is 21.7 Å². The van der Waals surface area contributed by atoms with E-state index in [0.717, 1.165) is 17.8 Å². The summed E-state index contributed by atoms with van der Waals surface area (Å²) in [6, 6.07) is 1.56. The molecule has 2 aromatic heterocycles. The number of carboxylic acid groups (broad SMARTS) is 1. The molecular weight excluding hydrogens is 313 g/mol. The van der Waals surface area contributed by atoms with Crippen molar-refractivity contribution in [3.8, 4) is 0 Å². The number of alkyl halides is 3. The molecule has 0 amide bonds. The fourth-order valence-electron chi connectivity index (χ4n) is 1.30. The smallest absolute Gasteiger partial charge is 0.433 e. The fraction of sp³-hybridized carbons (Fsp3) is 0.182. The van der Waals surface area contributed by atoms with Gasteiger partial charge in [-0.25, -0.2) is 14.8 Å². The quantitative estimate of drug-likeness (QED) is 0.934. The third-order valence-electron chi connectivity index (χ3n) is 2.16. The van der Waals surface area contributed by atoms with E-state index in [9.17, 15) is 18.0 Å². The number of aromatic nitrogens is 2. The first-order chi connectivity index (χ1) is 9.27. The lowest BCUT2D eigenvalue weighted by atomic mass is 10.2. The van der Waals surface area contributed by atoms with Crippen LogP contribution in [0.5, 0.6) is 0 Å². The lowest BCUT2D eigenvalue weighted by molar-refractivity contribution is -0.141. The molecule has 0 aromatic carbocycles. The van der Waals surface area contributed by atoms with Gasteiger partial charge in [-0.1, -0.05) is 0 Å². The molecular formula is C11H7F3N2O2S2. The molecule has 0 atom stereocenters. The summed E-state index contributed by atoms with van der Waals surface area (Å²) in [7, 11) is 0. The Morgan fingerprint density at radius 3 is 2.55 bits per heavy atom. The van der Waals surface area contributed by atoms with E-state index in [1.807, 2.05) is 0 Å². The highest BCUT2D eigenvalue weighted by molar-refractivity contribution is 8.01. The number of pyridine rings is 1. The summed E-state index contributed by atoms with van der Waals surface area (Å²) < 4.78 is 38.3. The van der Waals surface area contributed by atoms with Crippen LogP contribution in [-0.2, 0) is 6.18 Å². The highest BCUT2D eigenvalue weighted by atomic mass is 32.2. The van der Waals surface area contributed by atoms with Crippen molar-refractivity contribution in [2.45, 2.75) is 22.5 Å². The van der Waals surface area contributed by atoms with E-state index in [2.05, 4.69) is 9.97 Å². The Morgan fingerprint density at radius 2 is 2.05 bits per heavy atom.